The van der Waals surface area contributed by atoms with Crippen LogP contribution in [-0.2, 0) is 10.0 Å². The third-order valence-electron chi connectivity index (χ3n) is 2.21. The fraction of sp³-hybridized carbons (Fsp3) is 1.00. The lowest BCUT2D eigenvalue weighted by Crippen LogP contribution is -2.55. The van der Waals surface area contributed by atoms with Crippen molar-refractivity contribution < 1.29 is 17.2 Å². The Kier molecular flexibility index (Phi) is 2.88. The molecule has 0 atom stereocenters. The third kappa shape index (κ3) is 2.58. The van der Waals surface area contributed by atoms with Gasteiger partial charge in [-0.1, -0.05) is 0 Å². The van der Waals surface area contributed by atoms with Crippen molar-refractivity contribution in [3.8, 4) is 0 Å². The van der Waals surface area contributed by atoms with Crippen LogP contribution in [-0.4, -0.2) is 26.3 Å². The van der Waals surface area contributed by atoms with Crippen LogP contribution in [0.3, 0.4) is 0 Å². The van der Waals surface area contributed by atoms with E-state index in [9.17, 15) is 17.2 Å². The van der Waals surface area contributed by atoms with Crippen molar-refractivity contribution in [3.63, 3.8) is 0 Å². The van der Waals surface area contributed by atoms with Crippen molar-refractivity contribution in [3.05, 3.63) is 0 Å². The lowest BCUT2D eigenvalue weighted by atomic mass is 9.78. The van der Waals surface area contributed by atoms with Crippen molar-refractivity contribution >= 4 is 10.0 Å². The zero-order valence-electron chi connectivity index (χ0n) is 6.96. The first-order chi connectivity index (χ1) is 5.86. The summed E-state index contributed by atoms with van der Waals surface area (Å²) < 4.78 is 46.6. The van der Waals surface area contributed by atoms with Gasteiger partial charge in [0.25, 0.3) is 10.0 Å². The van der Waals surface area contributed by atoms with Crippen LogP contribution in [0, 0.1) is 0 Å². The zero-order chi connectivity index (χ0) is 10.1. The Bertz CT molecular complexity index is 274. The summed E-state index contributed by atoms with van der Waals surface area (Å²) in [7, 11) is -4.47. The van der Waals surface area contributed by atoms with Gasteiger partial charge in [-0.2, -0.15) is 8.78 Å². The van der Waals surface area contributed by atoms with E-state index in [2.05, 4.69) is 0 Å². The maximum absolute atomic E-state index is 11.8. The quantitative estimate of drug-likeness (QED) is 0.692. The first kappa shape index (κ1) is 10.8. The maximum Gasteiger partial charge on any atom is 0.350 e. The Morgan fingerprint density at radius 1 is 1.46 bits per heavy atom. The van der Waals surface area contributed by atoms with E-state index in [0.717, 1.165) is 6.42 Å². The van der Waals surface area contributed by atoms with Crippen LogP contribution in [0.2, 0.25) is 0 Å². The molecular formula is C6H12F2N2O2S. The summed E-state index contributed by atoms with van der Waals surface area (Å²) in [5, 5.41) is 0. The Morgan fingerprint density at radius 3 is 2.31 bits per heavy atom. The van der Waals surface area contributed by atoms with Crippen molar-refractivity contribution in [2.45, 2.75) is 30.6 Å². The van der Waals surface area contributed by atoms with Gasteiger partial charge in [-0.05, 0) is 19.3 Å². The first-order valence-electron chi connectivity index (χ1n) is 3.91. The molecule has 1 rings (SSSR count). The molecule has 0 aromatic carbocycles. The van der Waals surface area contributed by atoms with Crippen LogP contribution in [0.25, 0.3) is 0 Å². The molecule has 4 nitrogen and oxygen atoms in total. The summed E-state index contributed by atoms with van der Waals surface area (Å²) in [4.78, 5) is 0. The molecule has 0 saturated heterocycles. The SMILES string of the molecule is NC1(CNS(=O)(=O)C(F)F)CCC1. The first-order valence-corrected chi connectivity index (χ1v) is 5.46. The lowest BCUT2D eigenvalue weighted by Gasteiger charge is -2.37. The number of nitrogens with one attached hydrogen (secondary N) is 1. The van der Waals surface area contributed by atoms with E-state index in [4.69, 9.17) is 5.73 Å². The number of hydrogen-bond acceptors (Lipinski definition) is 3. The van der Waals surface area contributed by atoms with E-state index in [-0.39, 0.29) is 6.54 Å². The largest absolute Gasteiger partial charge is 0.350 e. The van der Waals surface area contributed by atoms with Crippen LogP contribution in [0.15, 0.2) is 0 Å². The van der Waals surface area contributed by atoms with Crippen LogP contribution >= 0.6 is 0 Å². The molecule has 0 unspecified atom stereocenters. The highest BCUT2D eigenvalue weighted by molar-refractivity contribution is 7.89. The topological polar surface area (TPSA) is 72.2 Å². The second-order valence-corrected chi connectivity index (χ2v) is 5.08. The van der Waals surface area contributed by atoms with E-state index in [1.807, 2.05) is 0 Å². The fourth-order valence-corrected chi connectivity index (χ4v) is 1.73. The van der Waals surface area contributed by atoms with Crippen LogP contribution < -0.4 is 10.5 Å². The molecule has 0 amide bonds. The minimum Gasteiger partial charge on any atom is -0.324 e. The van der Waals surface area contributed by atoms with E-state index < -0.39 is 21.3 Å². The summed E-state index contributed by atoms with van der Waals surface area (Å²) in [6, 6.07) is 0. The predicted molar refractivity (Wildman–Crippen MR) is 43.7 cm³/mol. The molecule has 3 N–H and O–H groups in total. The number of rotatable bonds is 4. The van der Waals surface area contributed by atoms with Gasteiger partial charge in [0.1, 0.15) is 0 Å². The normalized spacial score (nSPS) is 21.5. The van der Waals surface area contributed by atoms with Gasteiger partial charge >= 0.3 is 5.76 Å². The monoisotopic (exact) mass is 214 g/mol. The summed E-state index contributed by atoms with van der Waals surface area (Å²) in [5.74, 6) is -3.38. The highest BCUT2D eigenvalue weighted by Gasteiger charge is 2.35. The molecule has 0 spiro atoms. The second-order valence-electron chi connectivity index (χ2n) is 3.34. The molecule has 1 aliphatic carbocycles. The minimum absolute atomic E-state index is 0.0975. The molecule has 0 radical (unpaired) electrons. The average Bonchev–Trinajstić information content (AvgIpc) is 1.97. The highest BCUT2D eigenvalue weighted by atomic mass is 32.2. The van der Waals surface area contributed by atoms with Crippen LogP contribution in [0.4, 0.5) is 8.78 Å². The van der Waals surface area contributed by atoms with E-state index in [1.54, 1.807) is 4.72 Å². The molecule has 0 aromatic heterocycles. The van der Waals surface area contributed by atoms with Gasteiger partial charge in [-0.25, -0.2) is 13.1 Å². The zero-order valence-corrected chi connectivity index (χ0v) is 7.78. The van der Waals surface area contributed by atoms with Gasteiger partial charge in [0.05, 0.1) is 0 Å². The lowest BCUT2D eigenvalue weighted by molar-refractivity contribution is 0.224. The van der Waals surface area contributed by atoms with Gasteiger partial charge in [0.2, 0.25) is 0 Å². The molecule has 0 aromatic rings. The molecule has 0 aliphatic heterocycles. The van der Waals surface area contributed by atoms with E-state index in [0.29, 0.717) is 12.8 Å². The van der Waals surface area contributed by atoms with Crippen molar-refractivity contribution in [2.24, 2.45) is 5.73 Å². The number of hydrogen-bond donors (Lipinski definition) is 2. The number of sulfonamides is 1. The summed E-state index contributed by atoms with van der Waals surface area (Å²) in [6.07, 6.45) is 2.28. The molecule has 13 heavy (non-hydrogen) atoms. The smallest absolute Gasteiger partial charge is 0.324 e. The Hall–Kier alpha value is -0.270. The Morgan fingerprint density at radius 2 is 2.00 bits per heavy atom. The summed E-state index contributed by atoms with van der Waals surface area (Å²) in [5.41, 5.74) is 5.03. The molecule has 7 heteroatoms. The molecule has 1 fully saturated rings. The fourth-order valence-electron chi connectivity index (χ4n) is 1.11. The van der Waals surface area contributed by atoms with Crippen LogP contribution in [0.5, 0.6) is 0 Å². The maximum atomic E-state index is 11.8. The van der Waals surface area contributed by atoms with Gasteiger partial charge in [-0.15, -0.1) is 0 Å². The van der Waals surface area contributed by atoms with Gasteiger partial charge in [-0.3, -0.25) is 0 Å². The second kappa shape index (κ2) is 3.47. The Balaban J connectivity index is 2.42. The summed E-state index contributed by atoms with van der Waals surface area (Å²) in [6.45, 7) is -0.0975. The van der Waals surface area contributed by atoms with E-state index >= 15 is 0 Å². The van der Waals surface area contributed by atoms with Gasteiger partial charge in [0.15, 0.2) is 0 Å². The number of halogens is 2. The molecule has 0 bridgehead atoms. The standard InChI is InChI=1S/C6H12F2N2O2S/c7-5(8)13(11,12)10-4-6(9)2-1-3-6/h5,10H,1-4,9H2. The predicted octanol–water partition coefficient (Wildman–Crippen LogP) is 0.00980. The summed E-state index contributed by atoms with van der Waals surface area (Å²) >= 11 is 0. The Labute approximate surface area is 75.5 Å². The third-order valence-corrected chi connectivity index (χ3v) is 3.23. The molecule has 0 heterocycles. The van der Waals surface area contributed by atoms with E-state index in [1.165, 1.54) is 0 Å². The number of alkyl halides is 2. The van der Waals surface area contributed by atoms with Crippen LogP contribution in [0.1, 0.15) is 19.3 Å². The van der Waals surface area contributed by atoms with Crippen molar-refractivity contribution in [2.75, 3.05) is 6.54 Å². The molecular weight excluding hydrogens is 202 g/mol. The van der Waals surface area contributed by atoms with Crippen molar-refractivity contribution in [1.82, 2.24) is 4.72 Å². The van der Waals surface area contributed by atoms with Crippen molar-refractivity contribution in [1.29, 1.82) is 0 Å². The molecule has 1 saturated carbocycles. The average molecular weight is 214 g/mol. The highest BCUT2D eigenvalue weighted by Crippen LogP contribution is 2.28. The minimum atomic E-state index is -4.47. The number of nitrogens with two attached hydrogens (primary N) is 1. The molecule has 1 aliphatic rings. The van der Waals surface area contributed by atoms with Gasteiger partial charge in [0, 0.05) is 12.1 Å². The molecule has 78 valence electrons. The van der Waals surface area contributed by atoms with Gasteiger partial charge < -0.3 is 5.73 Å².